The molecule has 0 aromatic heterocycles. The van der Waals surface area contributed by atoms with E-state index in [0.717, 1.165) is 128 Å². The first-order chi connectivity index (χ1) is 41.7. The molecule has 1 rings (SSSR count). The van der Waals surface area contributed by atoms with Crippen molar-refractivity contribution >= 4 is 11.9 Å². The van der Waals surface area contributed by atoms with Crippen molar-refractivity contribution in [1.82, 2.24) is 5.32 Å². The Labute approximate surface area is 518 Å². The molecule has 8 atom stereocenters. The molecular formula is C74H123NO10. The number of hydrogen-bond donors (Lipinski definition) is 6. The first kappa shape index (κ1) is 78.8. The van der Waals surface area contributed by atoms with Crippen LogP contribution in [0.25, 0.3) is 0 Å². The Morgan fingerprint density at radius 2 is 0.847 bits per heavy atom. The second-order valence-electron chi connectivity index (χ2n) is 22.8. The Balaban J connectivity index is 2.66. The number of aliphatic hydroxyl groups is 5. The summed E-state index contributed by atoms with van der Waals surface area (Å²) in [6, 6.07) is -1.05. The van der Waals surface area contributed by atoms with Gasteiger partial charge in [0.2, 0.25) is 5.91 Å². The fourth-order valence-electron chi connectivity index (χ4n) is 9.71. The molecule has 85 heavy (non-hydrogen) atoms. The molecule has 0 bridgehead atoms. The van der Waals surface area contributed by atoms with E-state index in [0.29, 0.717) is 19.3 Å². The van der Waals surface area contributed by atoms with Crippen molar-refractivity contribution in [3.05, 3.63) is 134 Å². The van der Waals surface area contributed by atoms with Crippen LogP contribution in [0.3, 0.4) is 0 Å². The number of hydrogen-bond acceptors (Lipinski definition) is 10. The maximum absolute atomic E-state index is 13.5. The van der Waals surface area contributed by atoms with Crippen molar-refractivity contribution in [2.45, 2.75) is 307 Å². The second-order valence-corrected chi connectivity index (χ2v) is 22.8. The van der Waals surface area contributed by atoms with Gasteiger partial charge in [0.25, 0.3) is 0 Å². The van der Waals surface area contributed by atoms with Gasteiger partial charge in [0.1, 0.15) is 24.4 Å². The van der Waals surface area contributed by atoms with E-state index >= 15 is 0 Å². The molecule has 0 saturated carbocycles. The summed E-state index contributed by atoms with van der Waals surface area (Å²) < 4.78 is 17.6. The van der Waals surface area contributed by atoms with E-state index < -0.39 is 67.4 Å². The molecule has 0 aromatic carbocycles. The van der Waals surface area contributed by atoms with Crippen LogP contribution >= 0.6 is 0 Å². The van der Waals surface area contributed by atoms with Crippen LogP contribution in [-0.4, -0.2) is 99.6 Å². The molecule has 1 fully saturated rings. The topological polar surface area (TPSA) is 175 Å². The standard InChI is InChI=1S/C74H123NO10/c1-4-7-10-13-16-19-22-25-27-29-30-31-32-33-34-35-36-37-39-40-43-46-49-52-55-58-61-67(78)73(82)75-65(66(77)60-57-54-51-48-45-42-24-21-18-15-12-9-6-3)64-83-74-72(71(81)70(80)68(63-76)84-74)85-69(79)62-59-56-53-50-47-44-41-38-28-26-23-20-17-14-11-8-5-2/h7,10,16-17,19-20,25-28,30-31,33-34,36-37,41,44,50,53,57,60,65-68,70-72,74,76-78,80-81H,4-6,8-9,11-15,18,21-24,29,32,35,38-40,42-43,45-49,51-52,54-56,58-59,61-64H2,1-3H3,(H,75,82)/b10-7-,19-16-,20-17-,27-25-,28-26-,31-30-,34-33-,37-36-,44-41-,53-50-,60-57+. The lowest BCUT2D eigenvalue weighted by atomic mass is 9.99. The number of carbonyl (C=O) groups is 2. The van der Waals surface area contributed by atoms with Crippen molar-refractivity contribution < 1.29 is 49.3 Å². The van der Waals surface area contributed by atoms with Crippen molar-refractivity contribution in [2.24, 2.45) is 0 Å². The molecule has 1 saturated heterocycles. The highest BCUT2D eigenvalue weighted by Gasteiger charge is 2.47. The summed E-state index contributed by atoms with van der Waals surface area (Å²) in [5, 5.41) is 57.1. The number of amides is 1. The number of aliphatic hydroxyl groups excluding tert-OH is 5. The molecule has 1 aliphatic rings. The van der Waals surface area contributed by atoms with Crippen LogP contribution in [0.2, 0.25) is 0 Å². The van der Waals surface area contributed by atoms with Gasteiger partial charge in [0, 0.05) is 6.42 Å². The van der Waals surface area contributed by atoms with Gasteiger partial charge in [-0.15, -0.1) is 0 Å². The first-order valence-electron chi connectivity index (χ1n) is 34.0. The summed E-state index contributed by atoms with van der Waals surface area (Å²) in [6.07, 6.45) is 74.9. The Morgan fingerprint density at radius 3 is 1.29 bits per heavy atom. The van der Waals surface area contributed by atoms with Crippen LogP contribution in [0.15, 0.2) is 134 Å². The fourth-order valence-corrected chi connectivity index (χ4v) is 9.71. The minimum Gasteiger partial charge on any atom is -0.454 e. The lowest BCUT2D eigenvalue weighted by Gasteiger charge is -2.41. The average molecular weight is 1190 g/mol. The maximum atomic E-state index is 13.5. The van der Waals surface area contributed by atoms with Gasteiger partial charge in [-0.3, -0.25) is 9.59 Å². The number of esters is 1. The molecule has 0 aromatic rings. The third kappa shape index (κ3) is 47.5. The zero-order valence-corrected chi connectivity index (χ0v) is 53.7. The molecule has 11 heteroatoms. The van der Waals surface area contributed by atoms with E-state index in [1.807, 2.05) is 18.2 Å². The van der Waals surface area contributed by atoms with E-state index in [1.54, 1.807) is 6.08 Å². The summed E-state index contributed by atoms with van der Waals surface area (Å²) in [6.45, 7) is 5.61. The lowest BCUT2D eigenvalue weighted by Crippen LogP contribution is -2.61. The van der Waals surface area contributed by atoms with Crippen molar-refractivity contribution in [1.29, 1.82) is 0 Å². The van der Waals surface area contributed by atoms with Crippen LogP contribution in [0.4, 0.5) is 0 Å². The minimum absolute atomic E-state index is 0.0401. The molecule has 1 heterocycles. The van der Waals surface area contributed by atoms with Gasteiger partial charge in [0.15, 0.2) is 12.4 Å². The highest BCUT2D eigenvalue weighted by atomic mass is 16.7. The van der Waals surface area contributed by atoms with E-state index in [4.69, 9.17) is 14.2 Å². The van der Waals surface area contributed by atoms with Gasteiger partial charge in [-0.25, -0.2) is 0 Å². The number of ether oxygens (including phenoxy) is 3. The number of rotatable bonds is 56. The highest BCUT2D eigenvalue weighted by molar-refractivity contribution is 5.80. The number of unbranched alkanes of at least 4 members (excludes halogenated alkanes) is 22. The lowest BCUT2D eigenvalue weighted by molar-refractivity contribution is -0.305. The smallest absolute Gasteiger partial charge is 0.306 e. The Hall–Kier alpha value is -4.20. The summed E-state index contributed by atoms with van der Waals surface area (Å²) >= 11 is 0. The minimum atomic E-state index is -1.65. The predicted molar refractivity (Wildman–Crippen MR) is 356 cm³/mol. The van der Waals surface area contributed by atoms with Crippen LogP contribution < -0.4 is 5.32 Å². The molecular weight excluding hydrogens is 1060 g/mol. The highest BCUT2D eigenvalue weighted by Crippen LogP contribution is 2.26. The van der Waals surface area contributed by atoms with Gasteiger partial charge >= 0.3 is 5.97 Å². The van der Waals surface area contributed by atoms with Crippen LogP contribution in [0.1, 0.15) is 258 Å². The number of carbonyl (C=O) groups excluding carboxylic acids is 2. The zero-order valence-electron chi connectivity index (χ0n) is 53.7. The first-order valence-corrected chi connectivity index (χ1v) is 34.0. The van der Waals surface area contributed by atoms with E-state index in [1.165, 1.54) is 77.0 Å². The quantitative estimate of drug-likeness (QED) is 0.0195. The van der Waals surface area contributed by atoms with Gasteiger partial charge in [0.05, 0.1) is 25.4 Å². The summed E-state index contributed by atoms with van der Waals surface area (Å²) in [4.78, 5) is 26.6. The molecule has 8 unspecified atom stereocenters. The van der Waals surface area contributed by atoms with Gasteiger partial charge in [-0.1, -0.05) is 270 Å². The second kappa shape index (κ2) is 60.1. The molecule has 1 amide bonds. The largest absolute Gasteiger partial charge is 0.454 e. The summed E-state index contributed by atoms with van der Waals surface area (Å²) in [7, 11) is 0. The van der Waals surface area contributed by atoms with E-state index in [2.05, 4.69) is 135 Å². The number of nitrogens with one attached hydrogen (secondary N) is 1. The van der Waals surface area contributed by atoms with Crippen LogP contribution in [0, 0.1) is 0 Å². The molecule has 0 spiro atoms. The maximum Gasteiger partial charge on any atom is 0.306 e. The monoisotopic (exact) mass is 1190 g/mol. The molecule has 6 N–H and O–H groups in total. The Bertz CT molecular complexity index is 1890. The van der Waals surface area contributed by atoms with E-state index in [-0.39, 0.29) is 19.4 Å². The third-order valence-electron chi connectivity index (χ3n) is 15.0. The van der Waals surface area contributed by atoms with Crippen molar-refractivity contribution in [3.63, 3.8) is 0 Å². The summed E-state index contributed by atoms with van der Waals surface area (Å²) in [5.41, 5.74) is 0. The third-order valence-corrected chi connectivity index (χ3v) is 15.0. The predicted octanol–water partition coefficient (Wildman–Crippen LogP) is 17.2. The molecule has 0 aliphatic carbocycles. The normalized spacial score (nSPS) is 19.3. The van der Waals surface area contributed by atoms with Crippen LogP contribution in [-0.2, 0) is 23.8 Å². The molecule has 1 aliphatic heterocycles. The SMILES string of the molecule is CC/C=C\C/C=C\C/C=C\C/C=C\C/C=C\C/C=C\CCCCCCCCCC(O)C(=O)NC(COC1OC(CO)C(O)C(O)C1OC(=O)CCC/C=C\C/C=C\C/C=C\C/C=C\CCCCC)C(O)/C=C/CCCCCCCCCCCCC. The van der Waals surface area contributed by atoms with Gasteiger partial charge in [-0.2, -0.15) is 0 Å². The Kier molecular flexibility index (Phi) is 55.7. The van der Waals surface area contributed by atoms with Gasteiger partial charge < -0.3 is 45.1 Å². The molecule has 0 radical (unpaired) electrons. The summed E-state index contributed by atoms with van der Waals surface area (Å²) in [5.74, 6) is -1.27. The van der Waals surface area contributed by atoms with Gasteiger partial charge in [-0.05, 0) is 116 Å². The van der Waals surface area contributed by atoms with E-state index in [9.17, 15) is 35.1 Å². The van der Waals surface area contributed by atoms with Crippen molar-refractivity contribution in [2.75, 3.05) is 13.2 Å². The zero-order chi connectivity index (χ0) is 61.7. The van der Waals surface area contributed by atoms with Crippen LogP contribution in [0.5, 0.6) is 0 Å². The fraction of sp³-hybridized carbons (Fsp3) is 0.676. The average Bonchev–Trinajstić information content (AvgIpc) is 3.22. The van der Waals surface area contributed by atoms with Crippen molar-refractivity contribution in [3.8, 4) is 0 Å². The Morgan fingerprint density at radius 1 is 0.471 bits per heavy atom. The molecule has 484 valence electrons. The number of allylic oxidation sites excluding steroid dienone is 21. The molecule has 11 nitrogen and oxygen atoms in total.